The zero-order valence-electron chi connectivity index (χ0n) is 16.2. The summed E-state index contributed by atoms with van der Waals surface area (Å²) in [5, 5.41) is 12.1. The summed E-state index contributed by atoms with van der Waals surface area (Å²) < 4.78 is 21.5. The first-order valence-corrected chi connectivity index (χ1v) is 8.84. The zero-order valence-corrected chi connectivity index (χ0v) is 16.2. The van der Waals surface area contributed by atoms with Gasteiger partial charge in [0, 0.05) is 20.8 Å². The third-order valence-corrected chi connectivity index (χ3v) is 4.02. The Bertz CT molecular complexity index is 751. The SMILES string of the molecule is CC(=O)N[C@@H]1[C@H](OCc2ccccc2)OC(C(=O)O)[C@H](OC(C)=O)[C@H]1OC(C)=O. The molecule has 1 amide bonds. The Balaban J connectivity index is 2.36. The summed E-state index contributed by atoms with van der Waals surface area (Å²) in [7, 11) is 0. The summed E-state index contributed by atoms with van der Waals surface area (Å²) in [5.41, 5.74) is 0.774. The van der Waals surface area contributed by atoms with Gasteiger partial charge in [-0.3, -0.25) is 14.4 Å². The number of hydrogen-bond acceptors (Lipinski definition) is 8. The van der Waals surface area contributed by atoms with Gasteiger partial charge in [0.05, 0.1) is 6.61 Å². The van der Waals surface area contributed by atoms with E-state index in [1.54, 1.807) is 24.3 Å². The number of rotatable bonds is 7. The van der Waals surface area contributed by atoms with Crippen LogP contribution in [-0.4, -0.2) is 59.6 Å². The van der Waals surface area contributed by atoms with Crippen LogP contribution in [0.4, 0.5) is 0 Å². The standard InChI is InChI=1S/C19H23NO9/c1-10(21)20-14-15(27-11(2)22)16(28-12(3)23)17(18(24)25)29-19(14)26-9-13-7-5-4-6-8-13/h4-8,14-17,19H,9H2,1-3H3,(H,20,21)(H,24,25)/t14-,15-,16+,17?,19+/m0/s1. The van der Waals surface area contributed by atoms with Gasteiger partial charge in [-0.1, -0.05) is 30.3 Å². The minimum atomic E-state index is -1.67. The van der Waals surface area contributed by atoms with Crippen LogP contribution in [0.2, 0.25) is 0 Å². The molecule has 2 rings (SSSR count). The van der Waals surface area contributed by atoms with E-state index in [0.29, 0.717) is 0 Å². The molecule has 1 fully saturated rings. The molecular weight excluding hydrogens is 386 g/mol. The van der Waals surface area contributed by atoms with E-state index in [0.717, 1.165) is 19.4 Å². The number of carbonyl (C=O) groups is 4. The molecule has 1 heterocycles. The zero-order chi connectivity index (χ0) is 21.6. The topological polar surface area (TPSA) is 137 Å². The van der Waals surface area contributed by atoms with Crippen molar-refractivity contribution >= 4 is 23.8 Å². The monoisotopic (exact) mass is 409 g/mol. The van der Waals surface area contributed by atoms with Crippen molar-refractivity contribution in [1.29, 1.82) is 0 Å². The predicted molar refractivity (Wildman–Crippen MR) is 96.2 cm³/mol. The van der Waals surface area contributed by atoms with Gasteiger partial charge in [-0.25, -0.2) is 4.79 Å². The molecule has 10 heteroatoms. The summed E-state index contributed by atoms with van der Waals surface area (Å²) in [6.45, 7) is 3.46. The van der Waals surface area contributed by atoms with Crippen LogP contribution >= 0.6 is 0 Å². The molecule has 10 nitrogen and oxygen atoms in total. The second kappa shape index (κ2) is 9.99. The molecule has 158 valence electrons. The fraction of sp³-hybridized carbons (Fsp3) is 0.474. The maximum atomic E-state index is 11.7. The predicted octanol–water partition coefficient (Wildman–Crippen LogP) is 0.381. The van der Waals surface area contributed by atoms with E-state index in [2.05, 4.69) is 5.32 Å². The number of carbonyl (C=O) groups excluding carboxylic acids is 3. The first kappa shape index (κ1) is 22.3. The van der Waals surface area contributed by atoms with Gasteiger partial charge in [0.25, 0.3) is 0 Å². The highest BCUT2D eigenvalue weighted by Gasteiger charge is 2.53. The number of aliphatic carboxylic acids is 1. The van der Waals surface area contributed by atoms with Crippen molar-refractivity contribution in [3.8, 4) is 0 Å². The Morgan fingerprint density at radius 3 is 2.10 bits per heavy atom. The van der Waals surface area contributed by atoms with E-state index >= 15 is 0 Å². The molecule has 0 saturated carbocycles. The average Bonchev–Trinajstić information content (AvgIpc) is 2.63. The Labute approximate surface area is 167 Å². The lowest BCUT2D eigenvalue weighted by Crippen LogP contribution is -2.67. The molecule has 0 bridgehead atoms. The molecule has 1 aliphatic heterocycles. The molecule has 2 N–H and O–H groups in total. The van der Waals surface area contributed by atoms with Crippen LogP contribution in [0.1, 0.15) is 26.3 Å². The van der Waals surface area contributed by atoms with Crippen LogP contribution in [0.3, 0.4) is 0 Å². The second-order valence-electron chi connectivity index (χ2n) is 6.43. The number of esters is 2. The normalized spacial score (nSPS) is 26.2. The van der Waals surface area contributed by atoms with Crippen LogP contribution in [-0.2, 0) is 44.7 Å². The summed E-state index contributed by atoms with van der Waals surface area (Å²) in [5.74, 6) is -3.50. The van der Waals surface area contributed by atoms with Crippen molar-refractivity contribution in [2.75, 3.05) is 0 Å². The maximum Gasteiger partial charge on any atom is 0.337 e. The van der Waals surface area contributed by atoms with Crippen molar-refractivity contribution in [3.63, 3.8) is 0 Å². The van der Waals surface area contributed by atoms with E-state index in [4.69, 9.17) is 18.9 Å². The van der Waals surface area contributed by atoms with E-state index in [-0.39, 0.29) is 6.61 Å². The molecule has 5 atom stereocenters. The molecule has 0 aliphatic carbocycles. The molecule has 1 unspecified atom stereocenters. The maximum absolute atomic E-state index is 11.7. The molecule has 1 aromatic carbocycles. The van der Waals surface area contributed by atoms with E-state index in [9.17, 15) is 24.3 Å². The Morgan fingerprint density at radius 1 is 1.00 bits per heavy atom. The highest BCUT2D eigenvalue weighted by atomic mass is 16.7. The molecule has 0 spiro atoms. The van der Waals surface area contributed by atoms with Crippen molar-refractivity contribution in [1.82, 2.24) is 5.32 Å². The Kier molecular flexibility index (Phi) is 7.68. The van der Waals surface area contributed by atoms with Crippen LogP contribution in [0.5, 0.6) is 0 Å². The van der Waals surface area contributed by atoms with E-state index < -0.39 is 54.5 Å². The number of amides is 1. The summed E-state index contributed by atoms with van der Waals surface area (Å²) >= 11 is 0. The van der Waals surface area contributed by atoms with E-state index in [1.165, 1.54) is 6.92 Å². The van der Waals surface area contributed by atoms with Crippen molar-refractivity contribution in [3.05, 3.63) is 35.9 Å². The summed E-state index contributed by atoms with van der Waals surface area (Å²) in [4.78, 5) is 46.6. The fourth-order valence-corrected chi connectivity index (χ4v) is 2.97. The molecule has 1 aliphatic rings. The average molecular weight is 409 g/mol. The van der Waals surface area contributed by atoms with Gasteiger partial charge in [0.1, 0.15) is 6.04 Å². The van der Waals surface area contributed by atoms with Crippen LogP contribution in [0, 0.1) is 0 Å². The Hall–Kier alpha value is -2.98. The van der Waals surface area contributed by atoms with Gasteiger partial charge in [-0.05, 0) is 5.56 Å². The van der Waals surface area contributed by atoms with Gasteiger partial charge in [0.15, 0.2) is 24.6 Å². The second-order valence-corrected chi connectivity index (χ2v) is 6.43. The lowest BCUT2D eigenvalue weighted by molar-refractivity contribution is -0.273. The largest absolute Gasteiger partial charge is 0.479 e. The van der Waals surface area contributed by atoms with Crippen LogP contribution in [0.15, 0.2) is 30.3 Å². The van der Waals surface area contributed by atoms with Crippen LogP contribution < -0.4 is 5.32 Å². The number of nitrogens with one attached hydrogen (secondary N) is 1. The van der Waals surface area contributed by atoms with Crippen LogP contribution in [0.25, 0.3) is 0 Å². The molecule has 0 aromatic heterocycles. The number of carboxylic acid groups (broad SMARTS) is 1. The minimum absolute atomic E-state index is 0.0406. The number of hydrogen-bond donors (Lipinski definition) is 2. The molecule has 0 radical (unpaired) electrons. The summed E-state index contributed by atoms with van der Waals surface area (Å²) in [6, 6.07) is 7.88. The number of carboxylic acids is 1. The van der Waals surface area contributed by atoms with Gasteiger partial charge >= 0.3 is 17.9 Å². The Morgan fingerprint density at radius 2 is 1.59 bits per heavy atom. The smallest absolute Gasteiger partial charge is 0.337 e. The highest BCUT2D eigenvalue weighted by Crippen LogP contribution is 2.28. The number of ether oxygens (including phenoxy) is 4. The molecule has 29 heavy (non-hydrogen) atoms. The van der Waals surface area contributed by atoms with Crippen molar-refractivity contribution < 1.29 is 43.2 Å². The molecule has 1 aromatic rings. The van der Waals surface area contributed by atoms with E-state index in [1.807, 2.05) is 6.07 Å². The van der Waals surface area contributed by atoms with Crippen molar-refractivity contribution in [2.24, 2.45) is 0 Å². The van der Waals surface area contributed by atoms with Gasteiger partial charge < -0.3 is 29.4 Å². The van der Waals surface area contributed by atoms with Gasteiger partial charge in [0.2, 0.25) is 5.91 Å². The summed E-state index contributed by atoms with van der Waals surface area (Å²) in [6.07, 6.45) is -5.77. The lowest BCUT2D eigenvalue weighted by Gasteiger charge is -2.43. The van der Waals surface area contributed by atoms with Gasteiger partial charge in [-0.15, -0.1) is 0 Å². The first-order valence-electron chi connectivity index (χ1n) is 8.84. The third-order valence-electron chi connectivity index (χ3n) is 4.02. The molecular formula is C19H23NO9. The highest BCUT2D eigenvalue weighted by molar-refractivity contribution is 5.76. The first-order chi connectivity index (χ1) is 13.7. The lowest BCUT2D eigenvalue weighted by atomic mass is 9.95. The quantitative estimate of drug-likeness (QED) is 0.612. The minimum Gasteiger partial charge on any atom is -0.479 e. The fourth-order valence-electron chi connectivity index (χ4n) is 2.97. The third kappa shape index (κ3) is 6.26. The van der Waals surface area contributed by atoms with Crippen molar-refractivity contribution in [2.45, 2.75) is 58.0 Å². The van der Waals surface area contributed by atoms with Gasteiger partial charge in [-0.2, -0.15) is 0 Å². The number of benzene rings is 1. The molecule has 1 saturated heterocycles.